The fourth-order valence-corrected chi connectivity index (χ4v) is 3.09. The molecule has 82 valence electrons. The smallest absolute Gasteiger partial charge is 0.152 e. The first-order valence-corrected chi connectivity index (χ1v) is 6.45. The fourth-order valence-electron chi connectivity index (χ4n) is 1.16. The second kappa shape index (κ2) is 5.32. The van der Waals surface area contributed by atoms with Crippen molar-refractivity contribution in [3.05, 3.63) is 0 Å². The van der Waals surface area contributed by atoms with Crippen molar-refractivity contribution in [1.29, 1.82) is 5.26 Å². The highest BCUT2D eigenvalue weighted by atomic mass is 32.2. The van der Waals surface area contributed by atoms with E-state index in [2.05, 4.69) is 0 Å². The van der Waals surface area contributed by atoms with Crippen molar-refractivity contribution >= 4 is 9.84 Å². The minimum Gasteiger partial charge on any atom is -0.325 e. The van der Waals surface area contributed by atoms with Crippen molar-refractivity contribution in [1.82, 2.24) is 0 Å². The quantitative estimate of drug-likeness (QED) is 0.669. The van der Waals surface area contributed by atoms with Crippen molar-refractivity contribution < 1.29 is 8.42 Å². The Kier molecular flexibility index (Phi) is 5.09. The highest BCUT2D eigenvalue weighted by molar-refractivity contribution is 7.91. The molecule has 14 heavy (non-hydrogen) atoms. The molecule has 0 aromatic rings. The van der Waals surface area contributed by atoms with Gasteiger partial charge in [0, 0.05) is 12.0 Å². The first kappa shape index (κ1) is 13.4. The zero-order chi connectivity index (χ0) is 11.2. The van der Waals surface area contributed by atoms with Crippen LogP contribution in [0.3, 0.4) is 0 Å². The lowest BCUT2D eigenvalue weighted by Gasteiger charge is -2.17. The van der Waals surface area contributed by atoms with E-state index in [4.69, 9.17) is 11.0 Å². The normalized spacial score (nSPS) is 12.4. The molecule has 0 aliphatic rings. The van der Waals surface area contributed by atoms with Gasteiger partial charge in [0.1, 0.15) is 0 Å². The van der Waals surface area contributed by atoms with Crippen LogP contribution in [0.2, 0.25) is 0 Å². The number of nitrogens with two attached hydrogens (primary N) is 1. The van der Waals surface area contributed by atoms with Gasteiger partial charge in [0.2, 0.25) is 0 Å². The summed E-state index contributed by atoms with van der Waals surface area (Å²) < 4.78 is 22.9. The summed E-state index contributed by atoms with van der Waals surface area (Å²) in [6.45, 7) is 3.39. The number of rotatable bonds is 6. The van der Waals surface area contributed by atoms with E-state index in [1.54, 1.807) is 13.8 Å². The molecule has 0 rings (SSSR count). The van der Waals surface area contributed by atoms with Crippen LogP contribution in [-0.2, 0) is 9.84 Å². The largest absolute Gasteiger partial charge is 0.325 e. The van der Waals surface area contributed by atoms with Crippen molar-refractivity contribution in [2.45, 2.75) is 38.6 Å². The SMILES string of the molecule is CC(C)(N)CS(=O)(=O)CCCCC#N. The predicted octanol–water partition coefficient (Wildman–Crippen LogP) is 0.832. The van der Waals surface area contributed by atoms with Gasteiger partial charge in [0.05, 0.1) is 17.6 Å². The molecule has 0 saturated carbocycles. The average Bonchev–Trinajstić information content (AvgIpc) is 1.93. The van der Waals surface area contributed by atoms with Crippen molar-refractivity contribution in [2.75, 3.05) is 11.5 Å². The van der Waals surface area contributed by atoms with Crippen LogP contribution in [0.5, 0.6) is 0 Å². The molecule has 0 bridgehead atoms. The summed E-state index contributed by atoms with van der Waals surface area (Å²) in [5, 5.41) is 8.26. The van der Waals surface area contributed by atoms with E-state index in [1.165, 1.54) is 0 Å². The van der Waals surface area contributed by atoms with Crippen LogP contribution in [0.25, 0.3) is 0 Å². The van der Waals surface area contributed by atoms with Crippen molar-refractivity contribution in [2.24, 2.45) is 5.73 Å². The Morgan fingerprint density at radius 1 is 1.36 bits per heavy atom. The molecule has 0 aliphatic carbocycles. The molecule has 0 amide bonds. The van der Waals surface area contributed by atoms with Gasteiger partial charge in [-0.25, -0.2) is 8.42 Å². The molecule has 0 radical (unpaired) electrons. The van der Waals surface area contributed by atoms with E-state index >= 15 is 0 Å². The molecule has 0 aromatic heterocycles. The summed E-state index contributed by atoms with van der Waals surface area (Å²) in [7, 11) is -3.05. The number of sulfone groups is 1. The van der Waals surface area contributed by atoms with E-state index in [0.29, 0.717) is 19.3 Å². The Labute approximate surface area is 86.0 Å². The number of unbranched alkanes of at least 4 members (excludes halogenated alkanes) is 2. The summed E-state index contributed by atoms with van der Waals surface area (Å²) in [6.07, 6.45) is 1.61. The van der Waals surface area contributed by atoms with Crippen LogP contribution in [-0.4, -0.2) is 25.5 Å². The van der Waals surface area contributed by atoms with Gasteiger partial charge in [-0.15, -0.1) is 0 Å². The Balaban J connectivity index is 3.93. The van der Waals surface area contributed by atoms with Crippen LogP contribution in [0.4, 0.5) is 0 Å². The van der Waals surface area contributed by atoms with Crippen molar-refractivity contribution in [3.63, 3.8) is 0 Å². The average molecular weight is 218 g/mol. The molecule has 2 N–H and O–H groups in total. The maximum Gasteiger partial charge on any atom is 0.152 e. The van der Waals surface area contributed by atoms with Gasteiger partial charge < -0.3 is 5.73 Å². The second-order valence-electron chi connectivity index (χ2n) is 4.20. The number of hydrogen-bond donors (Lipinski definition) is 1. The molecule has 0 aromatic carbocycles. The third-order valence-corrected chi connectivity index (χ3v) is 3.68. The molecule has 5 heteroatoms. The third kappa shape index (κ3) is 8.02. The zero-order valence-electron chi connectivity index (χ0n) is 8.78. The van der Waals surface area contributed by atoms with Crippen molar-refractivity contribution in [3.8, 4) is 6.07 Å². The Morgan fingerprint density at radius 2 is 1.93 bits per heavy atom. The summed E-state index contributed by atoms with van der Waals surface area (Å²) in [5.41, 5.74) is 4.95. The molecular formula is C9H18N2O2S. The number of nitriles is 1. The van der Waals surface area contributed by atoms with Gasteiger partial charge in [-0.3, -0.25) is 0 Å². The monoisotopic (exact) mass is 218 g/mol. The summed E-state index contributed by atoms with van der Waals surface area (Å²) in [4.78, 5) is 0. The minimum atomic E-state index is -3.05. The summed E-state index contributed by atoms with van der Waals surface area (Å²) >= 11 is 0. The highest BCUT2D eigenvalue weighted by Crippen LogP contribution is 2.06. The van der Waals surface area contributed by atoms with E-state index in [-0.39, 0.29) is 11.5 Å². The maximum atomic E-state index is 11.4. The summed E-state index contributed by atoms with van der Waals surface area (Å²) in [5.74, 6) is 0.141. The zero-order valence-corrected chi connectivity index (χ0v) is 9.60. The number of hydrogen-bond acceptors (Lipinski definition) is 4. The van der Waals surface area contributed by atoms with Gasteiger partial charge in [-0.1, -0.05) is 0 Å². The van der Waals surface area contributed by atoms with E-state index < -0.39 is 15.4 Å². The lowest BCUT2D eigenvalue weighted by molar-refractivity contribution is 0.542. The Hall–Kier alpha value is -0.600. The molecule has 0 atom stereocenters. The Bertz CT molecular complexity index is 296. The van der Waals surface area contributed by atoms with Gasteiger partial charge in [-0.2, -0.15) is 5.26 Å². The molecule has 0 aliphatic heterocycles. The van der Waals surface area contributed by atoms with Crippen LogP contribution in [0.15, 0.2) is 0 Å². The van der Waals surface area contributed by atoms with E-state index in [0.717, 1.165) is 0 Å². The molecular weight excluding hydrogens is 200 g/mol. The van der Waals surface area contributed by atoms with Gasteiger partial charge >= 0.3 is 0 Å². The molecule has 0 heterocycles. The van der Waals surface area contributed by atoms with Gasteiger partial charge in [0.15, 0.2) is 9.84 Å². The first-order chi connectivity index (χ1) is 6.27. The lowest BCUT2D eigenvalue weighted by Crippen LogP contribution is -2.40. The first-order valence-electron chi connectivity index (χ1n) is 4.63. The topological polar surface area (TPSA) is 84.0 Å². The van der Waals surface area contributed by atoms with Crippen LogP contribution < -0.4 is 5.73 Å². The third-order valence-electron chi connectivity index (χ3n) is 1.59. The molecule has 0 unspecified atom stereocenters. The second-order valence-corrected chi connectivity index (χ2v) is 6.38. The lowest BCUT2D eigenvalue weighted by atomic mass is 10.1. The predicted molar refractivity (Wildman–Crippen MR) is 56.4 cm³/mol. The van der Waals surface area contributed by atoms with Crippen LogP contribution >= 0.6 is 0 Å². The molecule has 0 fully saturated rings. The van der Waals surface area contributed by atoms with E-state index in [1.807, 2.05) is 6.07 Å². The molecule has 0 saturated heterocycles. The summed E-state index contributed by atoms with van der Waals surface area (Å²) in [6, 6.07) is 1.98. The molecule has 0 spiro atoms. The van der Waals surface area contributed by atoms with Gasteiger partial charge in [0.25, 0.3) is 0 Å². The number of nitrogens with zero attached hydrogens (tertiary/aromatic N) is 1. The van der Waals surface area contributed by atoms with Crippen LogP contribution in [0, 0.1) is 11.3 Å². The molecule has 4 nitrogen and oxygen atoms in total. The Morgan fingerprint density at radius 3 is 2.36 bits per heavy atom. The highest BCUT2D eigenvalue weighted by Gasteiger charge is 2.21. The van der Waals surface area contributed by atoms with E-state index in [9.17, 15) is 8.42 Å². The standard InChI is InChI=1S/C9H18N2O2S/c1-9(2,11)8-14(12,13)7-5-3-4-6-10/h3-5,7-8,11H2,1-2H3. The minimum absolute atomic E-state index is 0.00650. The maximum absolute atomic E-state index is 11.4. The van der Waals surface area contributed by atoms with Crippen LogP contribution in [0.1, 0.15) is 33.1 Å². The van der Waals surface area contributed by atoms with Gasteiger partial charge in [-0.05, 0) is 26.7 Å². The fraction of sp³-hybridized carbons (Fsp3) is 0.889.